The molecule has 0 amide bonds. The number of esters is 1. The van der Waals surface area contributed by atoms with Gasteiger partial charge in [-0.2, -0.15) is 0 Å². The molecule has 1 atom stereocenters. The van der Waals surface area contributed by atoms with Crippen LogP contribution in [0.4, 0.5) is 0 Å². The number of para-hydroxylation sites is 1. The maximum absolute atomic E-state index is 11.9. The summed E-state index contributed by atoms with van der Waals surface area (Å²) in [4.78, 5) is 11.9. The van der Waals surface area contributed by atoms with Crippen LogP contribution in [0.2, 0.25) is 0 Å². The molecule has 1 aromatic heterocycles. The molecule has 0 fully saturated rings. The van der Waals surface area contributed by atoms with Gasteiger partial charge in [-0.25, -0.2) is 0 Å². The first kappa shape index (κ1) is 14.1. The summed E-state index contributed by atoms with van der Waals surface area (Å²) < 4.78 is 13.3. The van der Waals surface area contributed by atoms with Crippen LogP contribution in [0.1, 0.15) is 31.5 Å². The molecule has 0 N–H and O–H groups in total. The van der Waals surface area contributed by atoms with Gasteiger partial charge >= 0.3 is 5.97 Å². The molecule has 0 radical (unpaired) electrons. The van der Waals surface area contributed by atoms with Crippen molar-refractivity contribution in [3.05, 3.63) is 35.5 Å². The number of ether oxygens (including phenoxy) is 2. The zero-order valence-corrected chi connectivity index (χ0v) is 12.8. The summed E-state index contributed by atoms with van der Waals surface area (Å²) >= 11 is 0. The highest BCUT2D eigenvalue weighted by Gasteiger charge is 2.39. The van der Waals surface area contributed by atoms with Crippen molar-refractivity contribution in [1.29, 1.82) is 0 Å². The molecule has 21 heavy (non-hydrogen) atoms. The number of nitrogens with zero attached hydrogens (tertiary/aromatic N) is 1. The van der Waals surface area contributed by atoms with Crippen molar-refractivity contribution in [3.63, 3.8) is 0 Å². The smallest absolute Gasteiger partial charge is 0.309 e. The van der Waals surface area contributed by atoms with Gasteiger partial charge in [0, 0.05) is 18.0 Å². The number of hydrogen-bond donors (Lipinski definition) is 0. The summed E-state index contributed by atoms with van der Waals surface area (Å²) in [5.41, 5.74) is 2.96. The quantitative estimate of drug-likeness (QED) is 0.815. The van der Waals surface area contributed by atoms with E-state index in [4.69, 9.17) is 9.47 Å². The van der Waals surface area contributed by atoms with Crippen molar-refractivity contribution >= 4 is 16.9 Å². The molecule has 112 valence electrons. The zero-order chi connectivity index (χ0) is 15.0. The Hall–Kier alpha value is -1.81. The van der Waals surface area contributed by atoms with Gasteiger partial charge in [0.05, 0.1) is 25.3 Å². The van der Waals surface area contributed by atoms with Crippen molar-refractivity contribution in [2.45, 2.75) is 32.3 Å². The third-order valence-corrected chi connectivity index (χ3v) is 4.27. The Labute approximate surface area is 124 Å². The van der Waals surface area contributed by atoms with Gasteiger partial charge in [0.15, 0.2) is 0 Å². The Balaban J connectivity index is 2.11. The highest BCUT2D eigenvalue weighted by atomic mass is 16.5. The minimum Gasteiger partial charge on any atom is -0.466 e. The minimum absolute atomic E-state index is 0.210. The molecule has 2 aromatic rings. The van der Waals surface area contributed by atoms with Crippen LogP contribution in [0.5, 0.6) is 0 Å². The number of hydrogen-bond acceptors (Lipinski definition) is 3. The molecule has 0 spiro atoms. The van der Waals surface area contributed by atoms with Crippen LogP contribution in [0.3, 0.4) is 0 Å². The fourth-order valence-electron chi connectivity index (χ4n) is 3.47. The Kier molecular flexibility index (Phi) is 3.49. The van der Waals surface area contributed by atoms with E-state index < -0.39 is 5.60 Å². The largest absolute Gasteiger partial charge is 0.466 e. The first-order valence-corrected chi connectivity index (χ1v) is 7.43. The third-order valence-electron chi connectivity index (χ3n) is 4.27. The normalized spacial score (nSPS) is 21.3. The van der Waals surface area contributed by atoms with Gasteiger partial charge in [-0.1, -0.05) is 18.2 Å². The molecular weight excluding hydrogens is 266 g/mol. The van der Waals surface area contributed by atoms with Gasteiger partial charge in [-0.15, -0.1) is 0 Å². The van der Waals surface area contributed by atoms with Gasteiger partial charge in [0.25, 0.3) is 0 Å². The number of fused-ring (bicyclic) bond motifs is 3. The highest BCUT2D eigenvalue weighted by molar-refractivity contribution is 5.86. The lowest BCUT2D eigenvalue weighted by Crippen LogP contribution is -2.36. The van der Waals surface area contributed by atoms with E-state index in [1.165, 1.54) is 16.5 Å². The Morgan fingerprint density at radius 3 is 2.95 bits per heavy atom. The fraction of sp³-hybridized carbons (Fsp3) is 0.471. The highest BCUT2D eigenvalue weighted by Crippen LogP contribution is 2.40. The topological polar surface area (TPSA) is 40.5 Å². The van der Waals surface area contributed by atoms with Gasteiger partial charge in [0.1, 0.15) is 5.60 Å². The summed E-state index contributed by atoms with van der Waals surface area (Å²) in [6, 6.07) is 8.35. The second-order valence-electron chi connectivity index (χ2n) is 5.71. The summed E-state index contributed by atoms with van der Waals surface area (Å²) in [5.74, 6) is -0.210. The van der Waals surface area contributed by atoms with E-state index in [-0.39, 0.29) is 12.4 Å². The maximum atomic E-state index is 11.9. The van der Waals surface area contributed by atoms with Crippen molar-refractivity contribution < 1.29 is 14.3 Å². The average Bonchev–Trinajstić information content (AvgIpc) is 2.74. The molecule has 1 aliphatic rings. The van der Waals surface area contributed by atoms with Crippen molar-refractivity contribution in [3.8, 4) is 0 Å². The van der Waals surface area contributed by atoms with Crippen LogP contribution in [0.15, 0.2) is 24.3 Å². The van der Waals surface area contributed by atoms with E-state index in [1.807, 2.05) is 27.0 Å². The molecule has 1 aliphatic heterocycles. The first-order valence-electron chi connectivity index (χ1n) is 7.43. The van der Waals surface area contributed by atoms with Crippen LogP contribution in [-0.4, -0.2) is 23.8 Å². The van der Waals surface area contributed by atoms with Crippen LogP contribution in [-0.2, 0) is 33.3 Å². The van der Waals surface area contributed by atoms with E-state index in [0.29, 0.717) is 13.2 Å². The van der Waals surface area contributed by atoms with Crippen molar-refractivity contribution in [2.75, 3.05) is 13.2 Å². The molecule has 0 aliphatic carbocycles. The number of benzene rings is 1. The predicted molar refractivity (Wildman–Crippen MR) is 81.2 cm³/mol. The van der Waals surface area contributed by atoms with Crippen LogP contribution in [0, 0.1) is 0 Å². The number of carbonyl (C=O) groups is 1. The van der Waals surface area contributed by atoms with Crippen LogP contribution in [0.25, 0.3) is 10.9 Å². The van der Waals surface area contributed by atoms with E-state index in [9.17, 15) is 4.79 Å². The molecule has 3 rings (SSSR count). The maximum Gasteiger partial charge on any atom is 0.309 e. The lowest BCUT2D eigenvalue weighted by atomic mass is 9.90. The van der Waals surface area contributed by atoms with Gasteiger partial charge in [-0.3, -0.25) is 4.79 Å². The molecule has 1 unspecified atom stereocenters. The SMILES string of the molecule is CCOC(=O)CC1(C)OCCc2c1n(C)c1ccccc21. The number of rotatable bonds is 3. The van der Waals surface area contributed by atoms with Gasteiger partial charge in [0.2, 0.25) is 0 Å². The second kappa shape index (κ2) is 5.19. The van der Waals surface area contributed by atoms with E-state index in [0.717, 1.165) is 12.1 Å². The minimum atomic E-state index is -0.617. The summed E-state index contributed by atoms with van der Waals surface area (Å²) in [7, 11) is 2.04. The van der Waals surface area contributed by atoms with Crippen molar-refractivity contribution in [1.82, 2.24) is 4.57 Å². The second-order valence-corrected chi connectivity index (χ2v) is 5.71. The molecule has 0 saturated heterocycles. The Bertz CT molecular complexity index is 689. The standard InChI is InChI=1S/C17H21NO3/c1-4-20-15(19)11-17(2)16-13(9-10-21-17)12-7-5-6-8-14(12)18(16)3/h5-8H,4,9-11H2,1-3H3. The van der Waals surface area contributed by atoms with E-state index in [1.54, 1.807) is 0 Å². The Morgan fingerprint density at radius 1 is 1.43 bits per heavy atom. The van der Waals surface area contributed by atoms with Gasteiger partial charge in [-0.05, 0) is 31.9 Å². The van der Waals surface area contributed by atoms with E-state index in [2.05, 4.69) is 22.8 Å². The number of aryl methyl sites for hydroxylation is 1. The van der Waals surface area contributed by atoms with Crippen molar-refractivity contribution in [2.24, 2.45) is 7.05 Å². The molecule has 4 heteroatoms. The predicted octanol–water partition coefficient (Wildman–Crippen LogP) is 2.92. The zero-order valence-electron chi connectivity index (χ0n) is 12.8. The number of aromatic nitrogens is 1. The Morgan fingerprint density at radius 2 is 2.19 bits per heavy atom. The molecule has 0 saturated carbocycles. The van der Waals surface area contributed by atoms with E-state index >= 15 is 0 Å². The summed E-state index contributed by atoms with van der Waals surface area (Å²) in [5, 5.41) is 1.26. The molecule has 4 nitrogen and oxygen atoms in total. The summed E-state index contributed by atoms with van der Waals surface area (Å²) in [6.07, 6.45) is 1.13. The molecular formula is C17H21NO3. The van der Waals surface area contributed by atoms with Crippen LogP contribution < -0.4 is 0 Å². The monoisotopic (exact) mass is 287 g/mol. The average molecular weight is 287 g/mol. The van der Waals surface area contributed by atoms with Gasteiger partial charge < -0.3 is 14.0 Å². The molecule has 2 heterocycles. The lowest BCUT2D eigenvalue weighted by Gasteiger charge is -2.34. The third kappa shape index (κ3) is 2.23. The number of carbonyl (C=O) groups excluding carboxylic acids is 1. The summed E-state index contributed by atoms with van der Waals surface area (Å²) in [6.45, 7) is 4.85. The van der Waals surface area contributed by atoms with Crippen LogP contribution >= 0.6 is 0 Å². The fourth-order valence-corrected chi connectivity index (χ4v) is 3.47. The molecule has 1 aromatic carbocycles. The first-order chi connectivity index (χ1) is 10.1. The molecule has 0 bridgehead atoms. The lowest BCUT2D eigenvalue weighted by molar-refractivity contribution is -0.152.